The summed E-state index contributed by atoms with van der Waals surface area (Å²) in [5.74, 6) is 0.344. The molecule has 0 amide bonds. The van der Waals surface area contributed by atoms with Gasteiger partial charge in [-0.3, -0.25) is 0 Å². The molecule has 0 aliphatic heterocycles. The van der Waals surface area contributed by atoms with E-state index < -0.39 is 0 Å². The van der Waals surface area contributed by atoms with Gasteiger partial charge in [-0.25, -0.2) is 4.79 Å². The lowest BCUT2D eigenvalue weighted by molar-refractivity contribution is 0.0454. The first-order valence-corrected chi connectivity index (χ1v) is 4.67. The van der Waals surface area contributed by atoms with Crippen molar-refractivity contribution < 1.29 is 14.6 Å². The van der Waals surface area contributed by atoms with Crippen LogP contribution in [0.1, 0.15) is 23.7 Å². The van der Waals surface area contributed by atoms with E-state index in [0.29, 0.717) is 11.5 Å². The Morgan fingerprint density at radius 1 is 1.43 bits per heavy atom. The second-order valence-electron chi connectivity index (χ2n) is 3.70. The molecule has 0 radical (unpaired) electrons. The van der Waals surface area contributed by atoms with Gasteiger partial charge in [0.25, 0.3) is 0 Å². The van der Waals surface area contributed by atoms with Crippen molar-refractivity contribution in [2.24, 2.45) is 5.92 Å². The number of rotatable bonds is 2. The molecule has 74 valence electrons. The molecular weight excluding hydrogens is 180 g/mol. The Bertz CT molecular complexity index is 342. The van der Waals surface area contributed by atoms with Crippen LogP contribution in [0.2, 0.25) is 0 Å². The molecule has 3 heteroatoms. The van der Waals surface area contributed by atoms with Crippen LogP contribution >= 0.6 is 0 Å². The molecule has 1 aliphatic rings. The number of ether oxygens (including phenoxy) is 1. The SMILES string of the molecule is CC1CC1OC(=O)c1ccc(O)cc1. The minimum Gasteiger partial charge on any atom is -0.508 e. The summed E-state index contributed by atoms with van der Waals surface area (Å²) in [5, 5.41) is 9.02. The quantitative estimate of drug-likeness (QED) is 0.728. The van der Waals surface area contributed by atoms with Gasteiger partial charge in [-0.05, 0) is 36.6 Å². The molecule has 1 aromatic carbocycles. The fourth-order valence-corrected chi connectivity index (χ4v) is 1.26. The molecule has 0 aromatic heterocycles. The predicted octanol–water partition coefficient (Wildman–Crippen LogP) is 1.96. The molecule has 1 aliphatic carbocycles. The van der Waals surface area contributed by atoms with Gasteiger partial charge in [0.1, 0.15) is 11.9 Å². The number of aromatic hydroxyl groups is 1. The lowest BCUT2D eigenvalue weighted by Gasteiger charge is -2.02. The summed E-state index contributed by atoms with van der Waals surface area (Å²) >= 11 is 0. The van der Waals surface area contributed by atoms with Gasteiger partial charge >= 0.3 is 5.97 Å². The minimum atomic E-state index is -0.306. The third-order valence-corrected chi connectivity index (χ3v) is 2.40. The number of carbonyl (C=O) groups excluding carboxylic acids is 1. The number of esters is 1. The molecule has 2 atom stereocenters. The van der Waals surface area contributed by atoms with Crippen LogP contribution in [0.25, 0.3) is 0 Å². The van der Waals surface area contributed by atoms with Crippen molar-refractivity contribution in [2.75, 3.05) is 0 Å². The van der Waals surface area contributed by atoms with E-state index in [1.165, 1.54) is 12.1 Å². The second-order valence-corrected chi connectivity index (χ2v) is 3.70. The molecule has 1 N–H and O–H groups in total. The van der Waals surface area contributed by atoms with Gasteiger partial charge in [-0.2, -0.15) is 0 Å². The van der Waals surface area contributed by atoms with E-state index in [4.69, 9.17) is 9.84 Å². The molecule has 0 saturated heterocycles. The minimum absolute atomic E-state index is 0.0938. The third kappa shape index (κ3) is 1.87. The summed E-state index contributed by atoms with van der Waals surface area (Å²) in [6, 6.07) is 6.08. The molecule has 1 fully saturated rings. The van der Waals surface area contributed by atoms with E-state index in [1.54, 1.807) is 12.1 Å². The highest BCUT2D eigenvalue weighted by Gasteiger charge is 2.36. The highest BCUT2D eigenvalue weighted by molar-refractivity contribution is 5.89. The Hall–Kier alpha value is -1.51. The number of carbonyl (C=O) groups is 1. The second kappa shape index (κ2) is 3.33. The van der Waals surface area contributed by atoms with Gasteiger partial charge in [0, 0.05) is 0 Å². The van der Waals surface area contributed by atoms with Crippen LogP contribution in [0.15, 0.2) is 24.3 Å². The molecule has 2 unspecified atom stereocenters. The van der Waals surface area contributed by atoms with E-state index >= 15 is 0 Å². The first-order chi connectivity index (χ1) is 6.66. The van der Waals surface area contributed by atoms with Gasteiger partial charge in [0.15, 0.2) is 0 Å². The molecular formula is C11H12O3. The molecule has 0 heterocycles. The van der Waals surface area contributed by atoms with Gasteiger partial charge in [0.2, 0.25) is 0 Å². The molecule has 3 nitrogen and oxygen atoms in total. The molecule has 0 spiro atoms. The van der Waals surface area contributed by atoms with Crippen LogP contribution in [-0.4, -0.2) is 17.2 Å². The summed E-state index contributed by atoms with van der Waals surface area (Å²) in [4.78, 5) is 11.4. The molecule has 1 aromatic rings. The van der Waals surface area contributed by atoms with E-state index in [9.17, 15) is 4.79 Å². The number of hydrogen-bond donors (Lipinski definition) is 1. The molecule has 1 saturated carbocycles. The van der Waals surface area contributed by atoms with Gasteiger partial charge in [-0.15, -0.1) is 0 Å². The van der Waals surface area contributed by atoms with Gasteiger partial charge < -0.3 is 9.84 Å². The Labute approximate surface area is 82.3 Å². The number of benzene rings is 1. The average Bonchev–Trinajstić information content (AvgIpc) is 2.82. The maximum Gasteiger partial charge on any atom is 0.338 e. The van der Waals surface area contributed by atoms with Gasteiger partial charge in [-0.1, -0.05) is 6.92 Å². The van der Waals surface area contributed by atoms with Crippen LogP contribution < -0.4 is 0 Å². The summed E-state index contributed by atoms with van der Waals surface area (Å²) in [5.41, 5.74) is 0.488. The maximum atomic E-state index is 11.4. The van der Waals surface area contributed by atoms with E-state index in [0.717, 1.165) is 6.42 Å². The highest BCUT2D eigenvalue weighted by Crippen LogP contribution is 2.33. The van der Waals surface area contributed by atoms with Crippen LogP contribution in [0, 0.1) is 5.92 Å². The normalized spacial score (nSPS) is 24.4. The van der Waals surface area contributed by atoms with Crippen LogP contribution in [0.4, 0.5) is 0 Å². The van der Waals surface area contributed by atoms with Crippen molar-refractivity contribution in [3.8, 4) is 5.75 Å². The largest absolute Gasteiger partial charge is 0.508 e. The van der Waals surface area contributed by atoms with Crippen molar-refractivity contribution in [3.63, 3.8) is 0 Å². The van der Waals surface area contributed by atoms with Crippen LogP contribution in [0.3, 0.4) is 0 Å². The average molecular weight is 192 g/mol. The molecule has 14 heavy (non-hydrogen) atoms. The van der Waals surface area contributed by atoms with Crippen molar-refractivity contribution in [2.45, 2.75) is 19.4 Å². The molecule has 2 rings (SSSR count). The van der Waals surface area contributed by atoms with Crippen LogP contribution in [0.5, 0.6) is 5.75 Å². The number of phenols is 1. The Balaban J connectivity index is 2.00. The summed E-state index contributed by atoms with van der Waals surface area (Å²) in [6.45, 7) is 2.05. The first kappa shape index (κ1) is 9.06. The number of hydrogen-bond acceptors (Lipinski definition) is 3. The zero-order valence-corrected chi connectivity index (χ0v) is 7.93. The van der Waals surface area contributed by atoms with E-state index in [2.05, 4.69) is 6.92 Å². The molecule has 0 bridgehead atoms. The smallest absolute Gasteiger partial charge is 0.338 e. The summed E-state index contributed by atoms with van der Waals surface area (Å²) in [7, 11) is 0. The first-order valence-electron chi connectivity index (χ1n) is 4.67. The third-order valence-electron chi connectivity index (χ3n) is 2.40. The zero-order chi connectivity index (χ0) is 10.1. The fourth-order valence-electron chi connectivity index (χ4n) is 1.26. The standard InChI is InChI=1S/C11H12O3/c1-7-6-10(7)14-11(13)8-2-4-9(12)5-3-8/h2-5,7,10,12H,6H2,1H3. The lowest BCUT2D eigenvalue weighted by Crippen LogP contribution is -2.07. The van der Waals surface area contributed by atoms with Crippen molar-refractivity contribution >= 4 is 5.97 Å². The van der Waals surface area contributed by atoms with Gasteiger partial charge in [0.05, 0.1) is 5.56 Å². The summed E-state index contributed by atoms with van der Waals surface area (Å²) in [6.07, 6.45) is 1.06. The monoisotopic (exact) mass is 192 g/mol. The fraction of sp³-hybridized carbons (Fsp3) is 0.364. The Kier molecular flexibility index (Phi) is 2.15. The van der Waals surface area contributed by atoms with E-state index in [-0.39, 0.29) is 17.8 Å². The highest BCUT2D eigenvalue weighted by atomic mass is 16.5. The van der Waals surface area contributed by atoms with E-state index in [1.807, 2.05) is 0 Å². The van der Waals surface area contributed by atoms with Crippen molar-refractivity contribution in [1.29, 1.82) is 0 Å². The Morgan fingerprint density at radius 2 is 2.00 bits per heavy atom. The zero-order valence-electron chi connectivity index (χ0n) is 7.93. The van der Waals surface area contributed by atoms with Crippen molar-refractivity contribution in [3.05, 3.63) is 29.8 Å². The Morgan fingerprint density at radius 3 is 2.50 bits per heavy atom. The number of phenolic OH excluding ortho intramolecular Hbond substituents is 1. The maximum absolute atomic E-state index is 11.4. The lowest BCUT2D eigenvalue weighted by atomic mass is 10.2. The topological polar surface area (TPSA) is 46.5 Å². The summed E-state index contributed by atoms with van der Waals surface area (Å²) < 4.78 is 5.18. The predicted molar refractivity (Wildman–Crippen MR) is 51.1 cm³/mol. The van der Waals surface area contributed by atoms with Crippen molar-refractivity contribution in [1.82, 2.24) is 0 Å². The van der Waals surface area contributed by atoms with Crippen LogP contribution in [-0.2, 0) is 4.74 Å².